The molecule has 3 heterocycles. The van der Waals surface area contributed by atoms with E-state index in [9.17, 15) is 0 Å². The van der Waals surface area contributed by atoms with Crippen LogP contribution in [-0.4, -0.2) is 42.8 Å². The van der Waals surface area contributed by atoms with Crippen LogP contribution in [-0.2, 0) is 0 Å². The third-order valence-electron chi connectivity index (χ3n) is 5.69. The summed E-state index contributed by atoms with van der Waals surface area (Å²) in [6.07, 6.45) is 3.27. The van der Waals surface area contributed by atoms with E-state index in [2.05, 4.69) is 50.3 Å². The summed E-state index contributed by atoms with van der Waals surface area (Å²) in [4.78, 5) is 2.58. The average Bonchev–Trinajstić information content (AvgIpc) is 2.76. The summed E-state index contributed by atoms with van der Waals surface area (Å²) in [6.45, 7) is 10.9. The number of hydrogen-bond acceptors (Lipinski definition) is 3. The fraction of sp³-hybridized carbons (Fsp3) is 1.00. The van der Waals surface area contributed by atoms with Gasteiger partial charge in [-0.05, 0) is 44.7 Å². The normalized spacial score (nSPS) is 49.2. The molecule has 3 heteroatoms. The van der Waals surface area contributed by atoms with Crippen molar-refractivity contribution in [3.63, 3.8) is 0 Å². The Hall–Kier alpha value is -0.120. The fourth-order valence-corrected chi connectivity index (χ4v) is 4.97. The van der Waals surface area contributed by atoms with Gasteiger partial charge >= 0.3 is 0 Å². The predicted octanol–water partition coefficient (Wildman–Crippen LogP) is 1.65. The van der Waals surface area contributed by atoms with Gasteiger partial charge in [0.15, 0.2) is 0 Å². The maximum Gasteiger partial charge on any atom is 0.0647 e. The number of hydrogen-bond donors (Lipinski definition) is 2. The second kappa shape index (κ2) is 4.19. The highest BCUT2D eigenvalue weighted by molar-refractivity contribution is 5.12. The van der Waals surface area contributed by atoms with Crippen LogP contribution in [0.15, 0.2) is 0 Å². The third-order valence-corrected chi connectivity index (χ3v) is 5.69. The zero-order valence-corrected chi connectivity index (χ0v) is 12.5. The third kappa shape index (κ3) is 1.75. The number of nitrogens with zero attached hydrogens (tertiary/aromatic N) is 1. The molecular formula is C15H29N3. The van der Waals surface area contributed by atoms with Crippen molar-refractivity contribution in [1.82, 2.24) is 15.5 Å². The first-order valence-electron chi connectivity index (χ1n) is 7.62. The van der Waals surface area contributed by atoms with Gasteiger partial charge in [0.2, 0.25) is 0 Å². The molecule has 3 saturated heterocycles. The summed E-state index contributed by atoms with van der Waals surface area (Å²) in [6, 6.07) is 2.08. The van der Waals surface area contributed by atoms with Crippen LogP contribution in [0.25, 0.3) is 0 Å². The van der Waals surface area contributed by atoms with Gasteiger partial charge in [-0.25, -0.2) is 0 Å². The average molecular weight is 251 g/mol. The molecule has 6 atom stereocenters. The van der Waals surface area contributed by atoms with Gasteiger partial charge in [-0.2, -0.15) is 0 Å². The molecule has 2 N–H and O–H groups in total. The molecule has 3 aliphatic rings. The highest BCUT2D eigenvalue weighted by Crippen LogP contribution is 2.49. The van der Waals surface area contributed by atoms with E-state index < -0.39 is 0 Å². The first-order chi connectivity index (χ1) is 8.41. The van der Waals surface area contributed by atoms with Crippen LogP contribution < -0.4 is 10.6 Å². The highest BCUT2D eigenvalue weighted by atomic mass is 15.4. The van der Waals surface area contributed by atoms with Gasteiger partial charge in [0.25, 0.3) is 0 Å². The predicted molar refractivity (Wildman–Crippen MR) is 75.4 cm³/mol. The summed E-state index contributed by atoms with van der Waals surface area (Å²) in [5, 5.41) is 7.71. The molecule has 0 saturated carbocycles. The minimum Gasteiger partial charge on any atom is -0.312 e. The quantitative estimate of drug-likeness (QED) is 0.685. The summed E-state index contributed by atoms with van der Waals surface area (Å²) in [5.41, 5.74) is 0.392. The van der Waals surface area contributed by atoms with Gasteiger partial charge in [-0.1, -0.05) is 20.8 Å². The molecule has 0 bridgehead atoms. The molecule has 0 aliphatic carbocycles. The van der Waals surface area contributed by atoms with Gasteiger partial charge in [-0.3, -0.25) is 10.2 Å². The zero-order valence-electron chi connectivity index (χ0n) is 12.5. The topological polar surface area (TPSA) is 27.3 Å². The summed E-state index contributed by atoms with van der Waals surface area (Å²) in [5.74, 6) is 1.55. The Bertz CT molecular complexity index is 320. The molecule has 18 heavy (non-hydrogen) atoms. The Morgan fingerprint density at radius 3 is 2.61 bits per heavy atom. The lowest BCUT2D eigenvalue weighted by atomic mass is 9.69. The van der Waals surface area contributed by atoms with E-state index in [0.717, 1.165) is 11.8 Å². The fourth-order valence-electron chi connectivity index (χ4n) is 4.97. The van der Waals surface area contributed by atoms with Crippen molar-refractivity contribution < 1.29 is 0 Å². The Balaban J connectivity index is 1.91. The Labute approximate surface area is 112 Å². The van der Waals surface area contributed by atoms with Crippen molar-refractivity contribution in [3.05, 3.63) is 0 Å². The molecule has 3 fully saturated rings. The van der Waals surface area contributed by atoms with Crippen LogP contribution >= 0.6 is 0 Å². The Morgan fingerprint density at radius 1 is 1.22 bits per heavy atom. The van der Waals surface area contributed by atoms with Crippen LogP contribution in [0.1, 0.15) is 40.5 Å². The molecule has 0 amide bonds. The Kier molecular flexibility index (Phi) is 3.00. The number of nitrogens with one attached hydrogen (secondary N) is 2. The number of piperidine rings is 1. The van der Waals surface area contributed by atoms with Crippen molar-refractivity contribution in [3.8, 4) is 0 Å². The van der Waals surface area contributed by atoms with Crippen LogP contribution in [0.4, 0.5) is 0 Å². The maximum atomic E-state index is 3.90. The monoisotopic (exact) mass is 251 g/mol. The lowest BCUT2D eigenvalue weighted by Gasteiger charge is -2.40. The summed E-state index contributed by atoms with van der Waals surface area (Å²) in [7, 11) is 2.30. The minimum atomic E-state index is 0.392. The van der Waals surface area contributed by atoms with Gasteiger partial charge in [0.1, 0.15) is 0 Å². The van der Waals surface area contributed by atoms with E-state index in [-0.39, 0.29) is 0 Å². The van der Waals surface area contributed by atoms with Crippen molar-refractivity contribution in [2.75, 3.05) is 13.6 Å². The van der Waals surface area contributed by atoms with Crippen LogP contribution in [0.2, 0.25) is 0 Å². The molecule has 0 radical (unpaired) electrons. The standard InChI is InChI=1S/C15H29N3/c1-9-12(15(2,3)4)11-13-10(7-6-8-16-13)17-14(11)18(9)5/h9-14,16-17H,6-8H2,1-5H3. The second-order valence-corrected chi connectivity index (χ2v) is 7.72. The van der Waals surface area contributed by atoms with Gasteiger partial charge < -0.3 is 5.32 Å². The van der Waals surface area contributed by atoms with Crippen molar-refractivity contribution in [2.45, 2.75) is 64.8 Å². The van der Waals surface area contributed by atoms with E-state index in [0.29, 0.717) is 29.7 Å². The molecule has 0 aromatic carbocycles. The van der Waals surface area contributed by atoms with Gasteiger partial charge in [0, 0.05) is 24.0 Å². The van der Waals surface area contributed by atoms with Crippen molar-refractivity contribution in [2.24, 2.45) is 17.3 Å². The van der Waals surface area contributed by atoms with E-state index in [1.165, 1.54) is 19.4 Å². The lowest BCUT2D eigenvalue weighted by molar-refractivity contribution is 0.124. The first-order valence-corrected chi connectivity index (χ1v) is 7.62. The smallest absolute Gasteiger partial charge is 0.0647 e. The summed E-state index contributed by atoms with van der Waals surface area (Å²) >= 11 is 0. The van der Waals surface area contributed by atoms with Crippen LogP contribution in [0, 0.1) is 17.3 Å². The SMILES string of the molecule is CC1C(C(C)(C)C)C2C3NCCCC3NC2N1C. The maximum absolute atomic E-state index is 3.90. The molecule has 3 nitrogen and oxygen atoms in total. The molecule has 104 valence electrons. The molecular weight excluding hydrogens is 222 g/mol. The molecule has 6 unspecified atom stereocenters. The van der Waals surface area contributed by atoms with E-state index in [1.807, 2.05) is 0 Å². The number of fused-ring (bicyclic) bond motifs is 3. The summed E-state index contributed by atoms with van der Waals surface area (Å²) < 4.78 is 0. The molecule has 3 rings (SSSR count). The molecule has 0 aromatic heterocycles. The highest BCUT2D eigenvalue weighted by Gasteiger charge is 2.58. The molecule has 0 spiro atoms. The van der Waals surface area contributed by atoms with E-state index >= 15 is 0 Å². The zero-order chi connectivity index (χ0) is 13.1. The number of likely N-dealkylation sites (tertiary alicyclic amines) is 1. The Morgan fingerprint density at radius 2 is 1.94 bits per heavy atom. The van der Waals surface area contributed by atoms with Crippen molar-refractivity contribution in [1.29, 1.82) is 0 Å². The largest absolute Gasteiger partial charge is 0.312 e. The minimum absolute atomic E-state index is 0.392. The van der Waals surface area contributed by atoms with E-state index in [4.69, 9.17) is 0 Å². The van der Waals surface area contributed by atoms with Crippen LogP contribution in [0.5, 0.6) is 0 Å². The number of rotatable bonds is 0. The first kappa shape index (κ1) is 12.9. The van der Waals surface area contributed by atoms with Gasteiger partial charge in [0.05, 0.1) is 6.17 Å². The van der Waals surface area contributed by atoms with Crippen LogP contribution in [0.3, 0.4) is 0 Å². The lowest BCUT2D eigenvalue weighted by Crippen LogP contribution is -2.52. The van der Waals surface area contributed by atoms with Gasteiger partial charge in [-0.15, -0.1) is 0 Å². The molecule has 0 aromatic rings. The van der Waals surface area contributed by atoms with E-state index in [1.54, 1.807) is 0 Å². The molecule has 3 aliphatic heterocycles. The van der Waals surface area contributed by atoms with Crippen molar-refractivity contribution >= 4 is 0 Å². The second-order valence-electron chi connectivity index (χ2n) is 7.72.